The van der Waals surface area contributed by atoms with Crippen LogP contribution in [0.3, 0.4) is 0 Å². The van der Waals surface area contributed by atoms with Gasteiger partial charge in [0.2, 0.25) is 0 Å². The molecule has 0 spiro atoms. The number of hydrogen-bond donors (Lipinski definition) is 0. The third-order valence-electron chi connectivity index (χ3n) is 5.05. The standard InChI is InChI=1S/C24H28O2Si/c1-24(2,3)27(21-14-7-5-8-15-21,22-16-9-6-10-17-22)26-19-20-13-11-12-18-23(20)25-4/h5-18H,19H2,1-4H3. The minimum atomic E-state index is -2.52. The van der Waals surface area contributed by atoms with Crippen molar-refractivity contribution in [3.63, 3.8) is 0 Å². The smallest absolute Gasteiger partial charge is 0.261 e. The Labute approximate surface area is 163 Å². The normalized spacial score (nSPS) is 12.0. The highest BCUT2D eigenvalue weighted by atomic mass is 28.4. The molecule has 0 unspecified atom stereocenters. The lowest BCUT2D eigenvalue weighted by Gasteiger charge is -2.43. The molecule has 0 atom stereocenters. The highest BCUT2D eigenvalue weighted by Crippen LogP contribution is 2.37. The van der Waals surface area contributed by atoms with E-state index in [1.165, 1.54) is 10.4 Å². The third-order valence-corrected chi connectivity index (χ3v) is 10.0. The molecule has 0 radical (unpaired) electrons. The van der Waals surface area contributed by atoms with E-state index >= 15 is 0 Å². The van der Waals surface area contributed by atoms with E-state index in [4.69, 9.17) is 9.16 Å². The van der Waals surface area contributed by atoms with Gasteiger partial charge in [-0.3, -0.25) is 0 Å². The Morgan fingerprint density at radius 3 is 1.67 bits per heavy atom. The quantitative estimate of drug-likeness (QED) is 0.577. The van der Waals surface area contributed by atoms with Crippen LogP contribution in [0.4, 0.5) is 0 Å². The van der Waals surface area contributed by atoms with E-state index in [1.54, 1.807) is 7.11 Å². The highest BCUT2D eigenvalue weighted by Gasteiger charge is 2.50. The Hall–Kier alpha value is -2.36. The molecule has 0 aliphatic heterocycles. The average Bonchev–Trinajstić information content (AvgIpc) is 2.69. The molecule has 0 aliphatic carbocycles. The summed E-state index contributed by atoms with van der Waals surface area (Å²) in [5.74, 6) is 0.871. The van der Waals surface area contributed by atoms with Gasteiger partial charge >= 0.3 is 0 Å². The SMILES string of the molecule is COc1ccccc1CO[Si](c1ccccc1)(c1ccccc1)C(C)(C)C. The van der Waals surface area contributed by atoms with Gasteiger partial charge in [0.05, 0.1) is 13.7 Å². The molecule has 3 rings (SSSR count). The summed E-state index contributed by atoms with van der Waals surface area (Å²) < 4.78 is 12.5. The predicted molar refractivity (Wildman–Crippen MR) is 115 cm³/mol. The predicted octanol–water partition coefficient (Wildman–Crippen LogP) is 4.77. The van der Waals surface area contributed by atoms with E-state index in [2.05, 4.69) is 87.5 Å². The highest BCUT2D eigenvalue weighted by molar-refractivity contribution is 6.99. The minimum Gasteiger partial charge on any atom is -0.496 e. The molecule has 0 saturated carbocycles. The van der Waals surface area contributed by atoms with E-state index in [0.717, 1.165) is 11.3 Å². The van der Waals surface area contributed by atoms with Crippen LogP contribution in [0.1, 0.15) is 26.3 Å². The van der Waals surface area contributed by atoms with Gasteiger partial charge in [-0.15, -0.1) is 0 Å². The Morgan fingerprint density at radius 1 is 0.704 bits per heavy atom. The first-order valence-corrected chi connectivity index (χ1v) is 11.3. The van der Waals surface area contributed by atoms with Crippen molar-refractivity contribution in [1.29, 1.82) is 0 Å². The first-order chi connectivity index (χ1) is 13.0. The molecule has 3 aromatic carbocycles. The topological polar surface area (TPSA) is 18.5 Å². The van der Waals surface area contributed by atoms with Crippen LogP contribution < -0.4 is 15.1 Å². The molecule has 3 heteroatoms. The number of para-hydroxylation sites is 1. The minimum absolute atomic E-state index is 0.0300. The van der Waals surface area contributed by atoms with E-state index in [9.17, 15) is 0 Å². The van der Waals surface area contributed by atoms with Crippen LogP contribution >= 0.6 is 0 Å². The molecule has 0 fully saturated rings. The van der Waals surface area contributed by atoms with Gasteiger partial charge in [0.15, 0.2) is 0 Å². The van der Waals surface area contributed by atoms with Gasteiger partial charge in [0.25, 0.3) is 8.32 Å². The third kappa shape index (κ3) is 3.85. The zero-order chi connectivity index (χ0) is 19.3. The number of ether oxygens (including phenoxy) is 1. The summed E-state index contributed by atoms with van der Waals surface area (Å²) in [6.07, 6.45) is 0. The fourth-order valence-corrected chi connectivity index (χ4v) is 8.30. The Balaban J connectivity index is 2.12. The lowest BCUT2D eigenvalue weighted by molar-refractivity contribution is 0.278. The second kappa shape index (κ2) is 8.11. The van der Waals surface area contributed by atoms with Crippen LogP contribution in [0, 0.1) is 0 Å². The molecule has 0 heterocycles. The fourth-order valence-electron chi connectivity index (χ4n) is 3.77. The molecular weight excluding hydrogens is 348 g/mol. The maximum atomic E-state index is 6.95. The van der Waals surface area contributed by atoms with Crippen LogP contribution in [0.2, 0.25) is 5.04 Å². The zero-order valence-corrected chi connectivity index (χ0v) is 17.6. The Kier molecular flexibility index (Phi) is 5.83. The van der Waals surface area contributed by atoms with Crippen molar-refractivity contribution in [2.24, 2.45) is 0 Å². The molecule has 3 aromatic rings. The Morgan fingerprint density at radius 2 is 1.19 bits per heavy atom. The molecule has 0 amide bonds. The van der Waals surface area contributed by atoms with Crippen molar-refractivity contribution < 1.29 is 9.16 Å². The van der Waals surface area contributed by atoms with Crippen LogP contribution in [-0.4, -0.2) is 15.4 Å². The maximum absolute atomic E-state index is 6.95. The summed E-state index contributed by atoms with van der Waals surface area (Å²) in [5.41, 5.74) is 1.08. The van der Waals surface area contributed by atoms with Gasteiger partial charge in [0, 0.05) is 5.56 Å². The summed E-state index contributed by atoms with van der Waals surface area (Å²) in [7, 11) is -0.813. The van der Waals surface area contributed by atoms with Gasteiger partial charge in [-0.2, -0.15) is 0 Å². The van der Waals surface area contributed by atoms with Crippen LogP contribution in [0.25, 0.3) is 0 Å². The number of rotatable bonds is 6. The molecule has 0 bridgehead atoms. The first kappa shape index (κ1) is 19.4. The van der Waals surface area contributed by atoms with Gasteiger partial charge in [-0.05, 0) is 21.5 Å². The van der Waals surface area contributed by atoms with E-state index in [-0.39, 0.29) is 5.04 Å². The van der Waals surface area contributed by atoms with E-state index in [1.807, 2.05) is 18.2 Å². The second-order valence-corrected chi connectivity index (χ2v) is 12.1. The molecule has 140 valence electrons. The van der Waals surface area contributed by atoms with Crippen LogP contribution in [-0.2, 0) is 11.0 Å². The van der Waals surface area contributed by atoms with E-state index < -0.39 is 8.32 Å². The summed E-state index contributed by atoms with van der Waals surface area (Å²) in [4.78, 5) is 0. The van der Waals surface area contributed by atoms with Gasteiger partial charge in [0.1, 0.15) is 5.75 Å². The maximum Gasteiger partial charge on any atom is 0.261 e. The fraction of sp³-hybridized carbons (Fsp3) is 0.250. The molecule has 27 heavy (non-hydrogen) atoms. The van der Waals surface area contributed by atoms with Gasteiger partial charge in [-0.1, -0.05) is 99.6 Å². The lowest BCUT2D eigenvalue weighted by atomic mass is 10.2. The molecule has 0 N–H and O–H groups in total. The molecular formula is C24H28O2Si. The van der Waals surface area contributed by atoms with Crippen molar-refractivity contribution in [1.82, 2.24) is 0 Å². The molecule has 0 saturated heterocycles. The van der Waals surface area contributed by atoms with Crippen molar-refractivity contribution in [2.45, 2.75) is 32.4 Å². The van der Waals surface area contributed by atoms with E-state index in [0.29, 0.717) is 6.61 Å². The molecule has 0 aromatic heterocycles. The summed E-state index contributed by atoms with van der Waals surface area (Å²) in [6, 6.07) is 29.5. The van der Waals surface area contributed by atoms with Crippen molar-refractivity contribution >= 4 is 18.7 Å². The zero-order valence-electron chi connectivity index (χ0n) is 16.6. The average molecular weight is 377 g/mol. The van der Waals surface area contributed by atoms with Crippen molar-refractivity contribution in [3.8, 4) is 5.75 Å². The van der Waals surface area contributed by atoms with Gasteiger partial charge < -0.3 is 9.16 Å². The molecule has 0 aliphatic rings. The molecule has 2 nitrogen and oxygen atoms in total. The summed E-state index contributed by atoms with van der Waals surface area (Å²) in [6.45, 7) is 7.40. The number of methoxy groups -OCH3 is 1. The van der Waals surface area contributed by atoms with Crippen LogP contribution in [0.5, 0.6) is 5.75 Å². The summed E-state index contributed by atoms with van der Waals surface area (Å²) in [5, 5.41) is 2.55. The van der Waals surface area contributed by atoms with Crippen LogP contribution in [0.15, 0.2) is 84.9 Å². The van der Waals surface area contributed by atoms with Crippen molar-refractivity contribution in [2.75, 3.05) is 7.11 Å². The number of benzene rings is 3. The lowest BCUT2D eigenvalue weighted by Crippen LogP contribution is -2.66. The Bertz CT molecular complexity index is 815. The largest absolute Gasteiger partial charge is 0.496 e. The first-order valence-electron chi connectivity index (χ1n) is 9.36. The van der Waals surface area contributed by atoms with Gasteiger partial charge in [-0.25, -0.2) is 0 Å². The monoisotopic (exact) mass is 376 g/mol. The second-order valence-electron chi connectivity index (χ2n) is 7.76. The summed E-state index contributed by atoms with van der Waals surface area (Å²) >= 11 is 0. The van der Waals surface area contributed by atoms with Crippen molar-refractivity contribution in [3.05, 3.63) is 90.5 Å². The number of hydrogen-bond acceptors (Lipinski definition) is 2.